The van der Waals surface area contributed by atoms with Gasteiger partial charge in [-0.05, 0) is 51.0 Å². The predicted octanol–water partition coefficient (Wildman–Crippen LogP) is 4.43. The van der Waals surface area contributed by atoms with Gasteiger partial charge in [-0.15, -0.1) is 0 Å². The molecule has 8 rings (SSSR count). The number of aromatic amines is 1. The lowest BCUT2D eigenvalue weighted by Crippen LogP contribution is -2.68. The number of anilines is 2. The summed E-state index contributed by atoms with van der Waals surface area (Å²) < 4.78 is 22.6. The molecule has 11 heteroatoms. The molecule has 4 aliphatic rings. The number of carbonyl (C=O) groups excluding carboxylic acids is 1. The van der Waals surface area contributed by atoms with Gasteiger partial charge in [0, 0.05) is 59.1 Å². The van der Waals surface area contributed by atoms with E-state index < -0.39 is 24.3 Å². The number of pyridine rings is 1. The molecule has 4 heterocycles. The van der Waals surface area contributed by atoms with Gasteiger partial charge in [-0.25, -0.2) is 19.2 Å². The van der Waals surface area contributed by atoms with Crippen LogP contribution in [-0.2, 0) is 4.74 Å². The van der Waals surface area contributed by atoms with E-state index in [2.05, 4.69) is 30.8 Å². The minimum Gasteiger partial charge on any atom is -0.443 e. The number of imidazole rings is 1. The van der Waals surface area contributed by atoms with Crippen LogP contribution < -0.4 is 10.6 Å². The van der Waals surface area contributed by atoms with Gasteiger partial charge in [0.1, 0.15) is 17.9 Å². The molecule has 2 bridgehead atoms. The zero-order valence-corrected chi connectivity index (χ0v) is 20.3. The molecule has 4 aliphatic carbocycles. The normalized spacial score (nSPS) is 27.9. The quantitative estimate of drug-likeness (QED) is 0.357. The number of carbonyl (C=O) groups is 1. The highest BCUT2D eigenvalue weighted by atomic mass is 19.1. The molecule has 0 saturated heterocycles. The van der Waals surface area contributed by atoms with Crippen molar-refractivity contribution < 1.29 is 13.9 Å². The van der Waals surface area contributed by atoms with Gasteiger partial charge in [-0.2, -0.15) is 5.10 Å². The van der Waals surface area contributed by atoms with Gasteiger partial charge in [0.05, 0.1) is 5.69 Å². The minimum atomic E-state index is -1.30. The third-order valence-electron chi connectivity index (χ3n) is 8.08. The van der Waals surface area contributed by atoms with Crippen molar-refractivity contribution in [2.24, 2.45) is 5.92 Å². The Morgan fingerprint density at radius 3 is 2.89 bits per heavy atom. The van der Waals surface area contributed by atoms with Crippen LogP contribution in [0.2, 0.25) is 0 Å². The Bertz CT molecular complexity index is 1470. The molecule has 4 aromatic heterocycles. The molecule has 4 fully saturated rings. The Labute approximate surface area is 212 Å². The van der Waals surface area contributed by atoms with E-state index in [-0.39, 0.29) is 5.54 Å². The van der Waals surface area contributed by atoms with E-state index in [1.807, 2.05) is 29.7 Å². The van der Waals surface area contributed by atoms with Crippen LogP contribution in [0.15, 0.2) is 43.0 Å². The summed E-state index contributed by atoms with van der Waals surface area (Å²) >= 11 is 0. The van der Waals surface area contributed by atoms with E-state index in [9.17, 15) is 4.79 Å². The zero-order valence-electron chi connectivity index (χ0n) is 20.3. The van der Waals surface area contributed by atoms with Crippen LogP contribution in [0.1, 0.15) is 49.4 Å². The molecule has 0 aliphatic heterocycles. The number of aromatic nitrogens is 6. The van der Waals surface area contributed by atoms with E-state index in [1.54, 1.807) is 24.7 Å². The number of nitrogens with one attached hydrogen (secondary N) is 3. The number of alkyl carbamates (subject to hydrolysis) is 1. The second kappa shape index (κ2) is 8.25. The van der Waals surface area contributed by atoms with E-state index in [1.165, 1.54) is 0 Å². The van der Waals surface area contributed by atoms with Crippen molar-refractivity contribution in [2.45, 2.75) is 62.8 Å². The maximum absolute atomic E-state index is 15.3. The number of nitrogens with zero attached hydrogens (tertiary/aromatic N) is 5. The average Bonchev–Trinajstić information content (AvgIpc) is 3.58. The molecule has 4 saturated carbocycles. The first kappa shape index (κ1) is 22.2. The van der Waals surface area contributed by atoms with Crippen LogP contribution in [0, 0.1) is 12.8 Å². The molecule has 0 spiro atoms. The van der Waals surface area contributed by atoms with Gasteiger partial charge in [0.25, 0.3) is 0 Å². The molecule has 4 aromatic rings. The molecule has 37 heavy (non-hydrogen) atoms. The van der Waals surface area contributed by atoms with Crippen LogP contribution >= 0.6 is 0 Å². The average molecular weight is 503 g/mol. The smallest absolute Gasteiger partial charge is 0.407 e. The van der Waals surface area contributed by atoms with Crippen LogP contribution in [0.4, 0.5) is 21.0 Å². The van der Waals surface area contributed by atoms with Gasteiger partial charge in [0.15, 0.2) is 5.82 Å². The number of rotatable bonds is 6. The fourth-order valence-electron chi connectivity index (χ4n) is 6.12. The highest BCUT2D eigenvalue weighted by molar-refractivity contribution is 5.80. The summed E-state index contributed by atoms with van der Waals surface area (Å²) in [7, 11) is 0. The topological polar surface area (TPSA) is 122 Å². The first-order valence-corrected chi connectivity index (χ1v) is 12.7. The first-order chi connectivity index (χ1) is 18.0. The molecule has 3 atom stereocenters. The Hall–Kier alpha value is -4.02. The number of hydrogen-bond acceptors (Lipinski definition) is 7. The predicted molar refractivity (Wildman–Crippen MR) is 133 cm³/mol. The zero-order chi connectivity index (χ0) is 25.1. The van der Waals surface area contributed by atoms with Gasteiger partial charge in [-0.1, -0.05) is 6.07 Å². The number of alkyl halides is 1. The summed E-state index contributed by atoms with van der Waals surface area (Å²) in [4.78, 5) is 25.8. The third kappa shape index (κ3) is 3.71. The molecule has 3 N–H and O–H groups in total. The first-order valence-electron chi connectivity index (χ1n) is 12.7. The number of hydrogen-bond donors (Lipinski definition) is 3. The highest BCUT2D eigenvalue weighted by Crippen LogP contribution is 2.57. The standard InChI is InChI=1S/C26H27FN8O2/c1-14-21(16-3-2-6-28-13-16)23-29-7-8-35(23)24(30-14)31-20-9-18(33-34-20)17-4-5-19(22(17)27)37-25(36)32-26-10-15(11-26)12-26/h2-3,6-9,13,15,17,19,22H,4-5,10-12H2,1H3,(H,32,36)(H2,30,31,33,34)/t15?,17-,19-,22-,26?/m0/s1. The summed E-state index contributed by atoms with van der Waals surface area (Å²) in [5.41, 5.74) is 3.95. The van der Waals surface area contributed by atoms with Crippen molar-refractivity contribution in [1.29, 1.82) is 0 Å². The SMILES string of the molecule is Cc1nc(Nc2cc([C@@H]3CC[C@H](OC(=O)NC45CC(C4)C5)[C@H]3F)[nH]n2)n2ccnc2c1-c1cccnc1. The number of H-pyrrole nitrogens is 1. The lowest BCUT2D eigenvalue weighted by molar-refractivity contribution is -0.0532. The molecular weight excluding hydrogens is 475 g/mol. The van der Waals surface area contributed by atoms with Crippen molar-refractivity contribution in [3.05, 3.63) is 54.4 Å². The number of ether oxygens (including phenoxy) is 1. The van der Waals surface area contributed by atoms with Gasteiger partial charge >= 0.3 is 6.09 Å². The van der Waals surface area contributed by atoms with E-state index in [0.29, 0.717) is 30.3 Å². The second-order valence-corrected chi connectivity index (χ2v) is 10.5. The third-order valence-corrected chi connectivity index (χ3v) is 8.08. The van der Waals surface area contributed by atoms with Crippen LogP contribution in [0.25, 0.3) is 16.8 Å². The second-order valence-electron chi connectivity index (χ2n) is 10.5. The maximum Gasteiger partial charge on any atom is 0.407 e. The van der Waals surface area contributed by atoms with Crippen LogP contribution in [0.3, 0.4) is 0 Å². The van der Waals surface area contributed by atoms with E-state index in [0.717, 1.165) is 47.6 Å². The van der Waals surface area contributed by atoms with Crippen molar-refractivity contribution in [2.75, 3.05) is 5.32 Å². The van der Waals surface area contributed by atoms with Crippen LogP contribution in [0.5, 0.6) is 0 Å². The Morgan fingerprint density at radius 1 is 1.27 bits per heavy atom. The summed E-state index contributed by atoms with van der Waals surface area (Å²) in [6.07, 6.45) is 8.60. The van der Waals surface area contributed by atoms with Gasteiger partial charge in [-0.3, -0.25) is 14.5 Å². The highest BCUT2D eigenvalue weighted by Gasteiger charge is 2.58. The number of fused-ring (bicyclic) bond motifs is 1. The lowest BCUT2D eigenvalue weighted by Gasteiger charge is -2.61. The summed E-state index contributed by atoms with van der Waals surface area (Å²) in [5.74, 6) is 1.39. The van der Waals surface area contributed by atoms with Crippen molar-refractivity contribution in [3.63, 3.8) is 0 Å². The van der Waals surface area contributed by atoms with Crippen molar-refractivity contribution >= 4 is 23.5 Å². The molecule has 0 unspecified atom stereocenters. The number of halogens is 1. The molecule has 0 radical (unpaired) electrons. The van der Waals surface area contributed by atoms with Gasteiger partial charge < -0.3 is 15.4 Å². The van der Waals surface area contributed by atoms with Crippen molar-refractivity contribution in [1.82, 2.24) is 34.9 Å². The Morgan fingerprint density at radius 2 is 2.14 bits per heavy atom. The molecule has 190 valence electrons. The fraction of sp³-hybridized carbons (Fsp3) is 0.423. The Balaban J connectivity index is 1.06. The van der Waals surface area contributed by atoms with Gasteiger partial charge in [0.2, 0.25) is 5.95 Å². The minimum absolute atomic E-state index is 0.0846. The maximum atomic E-state index is 15.3. The molecular formula is C26H27FN8O2. The number of aryl methyl sites for hydroxylation is 1. The van der Waals surface area contributed by atoms with Crippen molar-refractivity contribution in [3.8, 4) is 11.1 Å². The molecule has 10 nitrogen and oxygen atoms in total. The summed E-state index contributed by atoms with van der Waals surface area (Å²) in [5, 5.41) is 13.5. The van der Waals surface area contributed by atoms with Crippen LogP contribution in [-0.4, -0.2) is 53.5 Å². The monoisotopic (exact) mass is 502 g/mol. The number of amides is 1. The summed E-state index contributed by atoms with van der Waals surface area (Å²) in [6.45, 7) is 1.93. The fourth-order valence-corrected chi connectivity index (χ4v) is 6.12. The molecule has 1 amide bonds. The molecule has 0 aromatic carbocycles. The Kier molecular flexibility index (Phi) is 4.95. The lowest BCUT2D eigenvalue weighted by atomic mass is 9.50. The van der Waals surface area contributed by atoms with E-state index >= 15 is 4.39 Å². The van der Waals surface area contributed by atoms with E-state index in [4.69, 9.17) is 9.72 Å². The summed E-state index contributed by atoms with van der Waals surface area (Å²) in [6, 6.07) is 5.64. The largest absolute Gasteiger partial charge is 0.443 e.